The van der Waals surface area contributed by atoms with Crippen molar-refractivity contribution < 1.29 is 0 Å². The quantitative estimate of drug-likeness (QED) is 0.665. The molecule has 0 amide bonds. The van der Waals surface area contributed by atoms with Gasteiger partial charge in [0, 0.05) is 12.6 Å². The van der Waals surface area contributed by atoms with Gasteiger partial charge >= 0.3 is 0 Å². The minimum absolute atomic E-state index is 0.605. The van der Waals surface area contributed by atoms with Gasteiger partial charge in [-0.05, 0) is 43.4 Å². The molecule has 0 radical (unpaired) electrons. The van der Waals surface area contributed by atoms with Gasteiger partial charge in [0.2, 0.25) is 0 Å². The normalized spacial score (nSPS) is 31.9. The Hall–Kier alpha value is -0.0400. The summed E-state index contributed by atoms with van der Waals surface area (Å²) in [5.74, 6) is 1.03. The van der Waals surface area contributed by atoms with Crippen LogP contribution in [0.25, 0.3) is 0 Å². The minimum atomic E-state index is 0.605. The van der Waals surface area contributed by atoms with Crippen LogP contribution in [0.15, 0.2) is 0 Å². The molecule has 1 heteroatoms. The fraction of sp³-hybridized carbons (Fsp3) is 1.00. The highest BCUT2D eigenvalue weighted by Crippen LogP contribution is 2.35. The second kappa shape index (κ2) is 7.67. The maximum absolute atomic E-state index is 3.93. The van der Waals surface area contributed by atoms with E-state index >= 15 is 0 Å². The molecule has 0 aromatic heterocycles. The van der Waals surface area contributed by atoms with Crippen LogP contribution in [0.2, 0.25) is 0 Å². The van der Waals surface area contributed by atoms with Crippen molar-refractivity contribution in [2.45, 2.75) is 96.9 Å². The Labute approximate surface area is 120 Å². The lowest BCUT2D eigenvalue weighted by atomic mass is 9.75. The Kier molecular flexibility index (Phi) is 6.19. The lowest BCUT2D eigenvalue weighted by Gasteiger charge is -2.35. The lowest BCUT2D eigenvalue weighted by Crippen LogP contribution is -2.39. The first kappa shape index (κ1) is 15.4. The van der Waals surface area contributed by atoms with Crippen LogP contribution in [-0.2, 0) is 0 Å². The Morgan fingerprint density at radius 1 is 0.947 bits per heavy atom. The molecule has 2 aliphatic carbocycles. The summed E-state index contributed by atoms with van der Waals surface area (Å²) in [5, 5.41) is 3.93. The van der Waals surface area contributed by atoms with E-state index < -0.39 is 0 Å². The van der Waals surface area contributed by atoms with Crippen molar-refractivity contribution in [2.75, 3.05) is 6.54 Å². The summed E-state index contributed by atoms with van der Waals surface area (Å²) >= 11 is 0. The summed E-state index contributed by atoms with van der Waals surface area (Å²) in [5.41, 5.74) is 0.605. The van der Waals surface area contributed by atoms with Gasteiger partial charge in [0.1, 0.15) is 0 Å². The van der Waals surface area contributed by atoms with E-state index in [1.165, 1.54) is 83.6 Å². The molecule has 0 aromatic carbocycles. The van der Waals surface area contributed by atoms with Gasteiger partial charge in [-0.2, -0.15) is 0 Å². The highest BCUT2D eigenvalue weighted by molar-refractivity contribution is 4.83. The molecule has 2 saturated carbocycles. The van der Waals surface area contributed by atoms with E-state index in [-0.39, 0.29) is 0 Å². The number of rotatable bonds is 5. The number of hydrogen-bond acceptors (Lipinski definition) is 1. The Bertz CT molecular complexity index is 242. The van der Waals surface area contributed by atoms with Crippen LogP contribution in [0.4, 0.5) is 0 Å². The van der Waals surface area contributed by atoms with Crippen molar-refractivity contribution in [1.82, 2.24) is 5.32 Å². The van der Waals surface area contributed by atoms with Crippen LogP contribution in [0.5, 0.6) is 0 Å². The first-order valence-corrected chi connectivity index (χ1v) is 8.95. The van der Waals surface area contributed by atoms with E-state index in [4.69, 9.17) is 0 Å². The molecule has 2 unspecified atom stereocenters. The van der Waals surface area contributed by atoms with E-state index in [0.29, 0.717) is 5.41 Å². The molecule has 0 saturated heterocycles. The average Bonchev–Trinajstić information content (AvgIpc) is 2.64. The van der Waals surface area contributed by atoms with E-state index in [1.54, 1.807) is 0 Å². The third kappa shape index (κ3) is 5.10. The molecular weight excluding hydrogens is 230 g/mol. The number of nitrogens with one attached hydrogen (secondary N) is 1. The van der Waals surface area contributed by atoms with Crippen LogP contribution in [0.3, 0.4) is 0 Å². The molecule has 0 spiro atoms. The maximum Gasteiger partial charge on any atom is 0.00673 e. The molecule has 0 bridgehead atoms. The van der Waals surface area contributed by atoms with E-state index in [2.05, 4.69) is 19.2 Å². The third-order valence-electron chi connectivity index (χ3n) is 5.66. The highest BCUT2D eigenvalue weighted by Gasteiger charge is 2.27. The zero-order chi connectivity index (χ0) is 13.6. The molecule has 19 heavy (non-hydrogen) atoms. The zero-order valence-electron chi connectivity index (χ0n) is 13.3. The number of hydrogen-bond donors (Lipinski definition) is 1. The van der Waals surface area contributed by atoms with Gasteiger partial charge in [-0.15, -0.1) is 0 Å². The summed E-state index contributed by atoms with van der Waals surface area (Å²) in [4.78, 5) is 0. The molecule has 1 N–H and O–H groups in total. The van der Waals surface area contributed by atoms with Crippen LogP contribution in [-0.4, -0.2) is 12.6 Å². The van der Waals surface area contributed by atoms with Crippen molar-refractivity contribution in [3.05, 3.63) is 0 Å². The molecule has 1 nitrogen and oxygen atoms in total. The molecule has 0 heterocycles. The first-order valence-electron chi connectivity index (χ1n) is 8.95. The van der Waals surface area contributed by atoms with Crippen LogP contribution >= 0.6 is 0 Å². The summed E-state index contributed by atoms with van der Waals surface area (Å²) in [6.07, 6.45) is 17.4. The predicted molar refractivity (Wildman–Crippen MR) is 84.5 cm³/mol. The Morgan fingerprint density at radius 3 is 2.47 bits per heavy atom. The Balaban J connectivity index is 1.70. The molecule has 2 fully saturated rings. The van der Waals surface area contributed by atoms with Gasteiger partial charge in [-0.25, -0.2) is 0 Å². The van der Waals surface area contributed by atoms with Crippen molar-refractivity contribution in [2.24, 2.45) is 11.3 Å². The molecule has 112 valence electrons. The smallest absolute Gasteiger partial charge is 0.00673 e. The van der Waals surface area contributed by atoms with Gasteiger partial charge in [-0.3, -0.25) is 0 Å². The van der Waals surface area contributed by atoms with Crippen molar-refractivity contribution >= 4 is 0 Å². The lowest BCUT2D eigenvalue weighted by molar-refractivity contribution is 0.197. The van der Waals surface area contributed by atoms with Crippen LogP contribution < -0.4 is 5.32 Å². The van der Waals surface area contributed by atoms with Crippen molar-refractivity contribution in [1.29, 1.82) is 0 Å². The zero-order valence-corrected chi connectivity index (χ0v) is 13.3. The van der Waals surface area contributed by atoms with Gasteiger partial charge in [0.25, 0.3) is 0 Å². The van der Waals surface area contributed by atoms with E-state index in [1.807, 2.05) is 0 Å². The Morgan fingerprint density at radius 2 is 1.74 bits per heavy atom. The molecule has 0 aliphatic heterocycles. The predicted octanol–water partition coefficient (Wildman–Crippen LogP) is 5.30. The third-order valence-corrected chi connectivity index (χ3v) is 5.66. The fourth-order valence-electron chi connectivity index (χ4n) is 4.25. The molecule has 2 rings (SSSR count). The second-order valence-electron chi connectivity index (χ2n) is 7.61. The van der Waals surface area contributed by atoms with Gasteiger partial charge < -0.3 is 5.32 Å². The fourth-order valence-corrected chi connectivity index (χ4v) is 4.25. The van der Waals surface area contributed by atoms with Gasteiger partial charge in [-0.1, -0.05) is 58.8 Å². The van der Waals surface area contributed by atoms with Crippen LogP contribution in [0, 0.1) is 11.3 Å². The summed E-state index contributed by atoms with van der Waals surface area (Å²) in [7, 11) is 0. The molecule has 0 aromatic rings. The summed E-state index contributed by atoms with van der Waals surface area (Å²) in [6.45, 7) is 6.12. The monoisotopic (exact) mass is 265 g/mol. The van der Waals surface area contributed by atoms with Gasteiger partial charge in [0.15, 0.2) is 0 Å². The van der Waals surface area contributed by atoms with Crippen LogP contribution in [0.1, 0.15) is 90.9 Å². The molecular formula is C18H35N. The van der Waals surface area contributed by atoms with E-state index in [9.17, 15) is 0 Å². The highest BCUT2D eigenvalue weighted by atomic mass is 14.9. The standard InChI is InChI=1S/C18H35N/c1-3-8-16-9-7-10-17(12-11-16)19-15-18(2)13-5-4-6-14-18/h16-17,19H,3-15H2,1-2H3. The van der Waals surface area contributed by atoms with Crippen molar-refractivity contribution in [3.8, 4) is 0 Å². The average molecular weight is 265 g/mol. The van der Waals surface area contributed by atoms with Gasteiger partial charge in [0.05, 0.1) is 0 Å². The molecule has 2 aliphatic rings. The van der Waals surface area contributed by atoms with Crippen molar-refractivity contribution in [3.63, 3.8) is 0 Å². The molecule has 2 atom stereocenters. The summed E-state index contributed by atoms with van der Waals surface area (Å²) in [6, 6.07) is 0.820. The van der Waals surface area contributed by atoms with E-state index in [0.717, 1.165) is 12.0 Å². The largest absolute Gasteiger partial charge is 0.313 e. The topological polar surface area (TPSA) is 12.0 Å². The minimum Gasteiger partial charge on any atom is -0.313 e. The maximum atomic E-state index is 3.93. The second-order valence-corrected chi connectivity index (χ2v) is 7.61. The SMILES string of the molecule is CCCC1CCCC(NCC2(C)CCCCC2)CC1. The first-order chi connectivity index (χ1) is 9.22. The summed E-state index contributed by atoms with van der Waals surface area (Å²) < 4.78 is 0.